The van der Waals surface area contributed by atoms with Crippen LogP contribution in [0.2, 0.25) is 0 Å². The summed E-state index contributed by atoms with van der Waals surface area (Å²) in [6.07, 6.45) is 0.814. The molecule has 0 spiro atoms. The number of thiophene rings is 1. The lowest BCUT2D eigenvalue weighted by Gasteiger charge is -2.30. The lowest BCUT2D eigenvalue weighted by molar-refractivity contribution is -0.385. The van der Waals surface area contributed by atoms with E-state index in [4.69, 9.17) is 5.14 Å². The van der Waals surface area contributed by atoms with Crippen LogP contribution in [0, 0.1) is 10.1 Å². The molecule has 116 valence electrons. The molecule has 22 heavy (non-hydrogen) atoms. The predicted molar refractivity (Wildman–Crippen MR) is 83.5 cm³/mol. The molecule has 0 saturated carbocycles. The summed E-state index contributed by atoms with van der Waals surface area (Å²) in [4.78, 5) is 13.2. The van der Waals surface area contributed by atoms with Crippen molar-refractivity contribution in [1.82, 2.24) is 0 Å². The Morgan fingerprint density at radius 3 is 2.77 bits per heavy atom. The molecular formula is C13H13N3O4S2. The van der Waals surface area contributed by atoms with Gasteiger partial charge in [-0.15, -0.1) is 11.3 Å². The number of hydrogen-bond donors (Lipinski definition) is 1. The number of nitrogens with two attached hydrogens (primary N) is 1. The van der Waals surface area contributed by atoms with E-state index in [9.17, 15) is 18.5 Å². The van der Waals surface area contributed by atoms with Gasteiger partial charge in [-0.25, -0.2) is 13.6 Å². The molecule has 1 aliphatic rings. The van der Waals surface area contributed by atoms with Gasteiger partial charge in [0.15, 0.2) is 0 Å². The summed E-state index contributed by atoms with van der Waals surface area (Å²) in [6, 6.07) is 5.78. The van der Waals surface area contributed by atoms with E-state index in [1.807, 2.05) is 16.3 Å². The molecule has 0 atom stereocenters. The van der Waals surface area contributed by atoms with Gasteiger partial charge in [0.1, 0.15) is 4.90 Å². The molecular weight excluding hydrogens is 326 g/mol. The zero-order valence-corrected chi connectivity index (χ0v) is 13.1. The third kappa shape index (κ3) is 2.70. The van der Waals surface area contributed by atoms with Gasteiger partial charge in [-0.05, 0) is 29.5 Å². The largest absolute Gasteiger partial charge is 0.366 e. The normalized spacial score (nSPS) is 14.7. The van der Waals surface area contributed by atoms with Gasteiger partial charge in [0, 0.05) is 30.1 Å². The summed E-state index contributed by atoms with van der Waals surface area (Å²) in [5.41, 5.74) is 1.26. The fourth-order valence-electron chi connectivity index (χ4n) is 2.56. The molecule has 0 amide bonds. The lowest BCUT2D eigenvalue weighted by Crippen LogP contribution is -2.31. The summed E-state index contributed by atoms with van der Waals surface area (Å²) >= 11 is 1.68. The average molecular weight is 339 g/mol. The number of nitro benzene ring substituents is 1. The van der Waals surface area contributed by atoms with Gasteiger partial charge in [-0.3, -0.25) is 10.1 Å². The van der Waals surface area contributed by atoms with Crippen LogP contribution in [0.4, 0.5) is 11.4 Å². The zero-order chi connectivity index (χ0) is 15.9. The molecule has 9 heteroatoms. The van der Waals surface area contributed by atoms with Crippen LogP contribution in [0.25, 0.3) is 0 Å². The Morgan fingerprint density at radius 2 is 2.09 bits per heavy atom. The standard InChI is InChI=1S/C13H13N3O4S2/c14-22(19,20)13-7-10(16(17)18)1-2-11(13)15-5-3-12-9(8-15)4-6-21-12/h1-2,4,6-7H,3,5,8H2,(H2,14,19,20). The minimum absolute atomic E-state index is 0.208. The SMILES string of the molecule is NS(=O)(=O)c1cc([N+](=O)[O-])ccc1N1CCc2sccc2C1. The Bertz CT molecular complexity index is 845. The van der Waals surface area contributed by atoms with Crippen molar-refractivity contribution >= 4 is 32.7 Å². The van der Waals surface area contributed by atoms with Crippen molar-refractivity contribution in [3.05, 3.63) is 50.2 Å². The molecule has 7 nitrogen and oxygen atoms in total. The van der Waals surface area contributed by atoms with E-state index in [1.54, 1.807) is 11.3 Å². The highest BCUT2D eigenvalue weighted by molar-refractivity contribution is 7.89. The van der Waals surface area contributed by atoms with Crippen LogP contribution in [-0.2, 0) is 23.0 Å². The Balaban J connectivity index is 2.06. The highest BCUT2D eigenvalue weighted by Gasteiger charge is 2.25. The first-order valence-electron chi connectivity index (χ1n) is 6.47. The quantitative estimate of drug-likeness (QED) is 0.678. The molecule has 2 N–H and O–H groups in total. The monoisotopic (exact) mass is 339 g/mol. The van der Waals surface area contributed by atoms with Gasteiger partial charge >= 0.3 is 0 Å². The number of nitrogens with zero attached hydrogens (tertiary/aromatic N) is 2. The van der Waals surface area contributed by atoms with Crippen LogP contribution in [0.3, 0.4) is 0 Å². The van der Waals surface area contributed by atoms with Gasteiger partial charge in [-0.1, -0.05) is 0 Å². The number of rotatable bonds is 3. The van der Waals surface area contributed by atoms with Crippen LogP contribution >= 0.6 is 11.3 Å². The van der Waals surface area contributed by atoms with Gasteiger partial charge in [0.2, 0.25) is 10.0 Å². The van der Waals surface area contributed by atoms with Crippen molar-refractivity contribution < 1.29 is 13.3 Å². The number of primary sulfonamides is 1. The molecule has 1 aliphatic heterocycles. The van der Waals surface area contributed by atoms with Crippen molar-refractivity contribution in [1.29, 1.82) is 0 Å². The Morgan fingerprint density at radius 1 is 1.32 bits per heavy atom. The number of fused-ring (bicyclic) bond motifs is 1. The minimum Gasteiger partial charge on any atom is -0.366 e. The summed E-state index contributed by atoms with van der Waals surface area (Å²) < 4.78 is 23.6. The van der Waals surface area contributed by atoms with Gasteiger partial charge in [0.05, 0.1) is 10.6 Å². The maximum absolute atomic E-state index is 11.8. The number of non-ortho nitro benzene ring substituents is 1. The summed E-state index contributed by atoms with van der Waals surface area (Å²) in [5, 5.41) is 18.1. The van der Waals surface area contributed by atoms with Crippen LogP contribution in [0.5, 0.6) is 0 Å². The van der Waals surface area contributed by atoms with E-state index in [-0.39, 0.29) is 10.6 Å². The maximum Gasteiger partial charge on any atom is 0.270 e. The predicted octanol–water partition coefficient (Wildman–Crippen LogP) is 1.87. The third-order valence-corrected chi connectivity index (χ3v) is 5.57. The third-order valence-electron chi connectivity index (χ3n) is 3.61. The number of hydrogen-bond acceptors (Lipinski definition) is 6. The zero-order valence-electron chi connectivity index (χ0n) is 11.4. The highest BCUT2D eigenvalue weighted by Crippen LogP contribution is 2.33. The molecule has 0 fully saturated rings. The van der Waals surface area contributed by atoms with Crippen molar-refractivity contribution in [3.8, 4) is 0 Å². The molecule has 2 heterocycles. The second-order valence-corrected chi connectivity index (χ2v) is 7.53. The molecule has 0 saturated heterocycles. The fraction of sp³-hybridized carbons (Fsp3) is 0.231. The van der Waals surface area contributed by atoms with E-state index in [2.05, 4.69) is 0 Å². The molecule has 0 unspecified atom stereocenters. The van der Waals surface area contributed by atoms with Gasteiger partial charge < -0.3 is 4.90 Å². The molecule has 0 radical (unpaired) electrons. The molecule has 1 aromatic carbocycles. The Hall–Kier alpha value is -1.97. The maximum atomic E-state index is 11.8. The highest BCUT2D eigenvalue weighted by atomic mass is 32.2. The smallest absolute Gasteiger partial charge is 0.270 e. The summed E-state index contributed by atoms with van der Waals surface area (Å²) in [7, 11) is -4.05. The van der Waals surface area contributed by atoms with Gasteiger partial charge in [0.25, 0.3) is 5.69 Å². The van der Waals surface area contributed by atoms with Crippen molar-refractivity contribution in [2.24, 2.45) is 5.14 Å². The molecule has 0 aliphatic carbocycles. The van der Waals surface area contributed by atoms with E-state index in [0.717, 1.165) is 18.1 Å². The van der Waals surface area contributed by atoms with Crippen molar-refractivity contribution in [3.63, 3.8) is 0 Å². The van der Waals surface area contributed by atoms with Crippen molar-refractivity contribution in [2.45, 2.75) is 17.9 Å². The number of anilines is 1. The second kappa shape index (κ2) is 5.34. The molecule has 2 aromatic rings. The second-order valence-electron chi connectivity index (χ2n) is 4.99. The van der Waals surface area contributed by atoms with Crippen LogP contribution in [-0.4, -0.2) is 19.9 Å². The lowest BCUT2D eigenvalue weighted by atomic mass is 10.1. The summed E-state index contributed by atoms with van der Waals surface area (Å²) in [6.45, 7) is 1.22. The number of benzene rings is 1. The first kappa shape index (κ1) is 14.9. The first-order chi connectivity index (χ1) is 10.4. The fourth-order valence-corrected chi connectivity index (χ4v) is 4.22. The molecule has 3 rings (SSSR count). The topological polar surface area (TPSA) is 107 Å². The first-order valence-corrected chi connectivity index (χ1v) is 8.90. The van der Waals surface area contributed by atoms with E-state index in [1.165, 1.54) is 17.0 Å². The van der Waals surface area contributed by atoms with Crippen LogP contribution in [0.1, 0.15) is 10.4 Å². The van der Waals surface area contributed by atoms with E-state index >= 15 is 0 Å². The van der Waals surface area contributed by atoms with Crippen LogP contribution < -0.4 is 10.0 Å². The minimum atomic E-state index is -4.05. The van der Waals surface area contributed by atoms with E-state index in [0.29, 0.717) is 18.8 Å². The average Bonchev–Trinajstić information content (AvgIpc) is 2.93. The van der Waals surface area contributed by atoms with Gasteiger partial charge in [-0.2, -0.15) is 0 Å². The number of nitro groups is 1. The number of sulfonamides is 1. The van der Waals surface area contributed by atoms with Crippen molar-refractivity contribution in [2.75, 3.05) is 11.4 Å². The van der Waals surface area contributed by atoms with Crippen LogP contribution in [0.15, 0.2) is 34.5 Å². The Kier molecular flexibility index (Phi) is 3.63. The summed E-state index contributed by atoms with van der Waals surface area (Å²) in [5.74, 6) is 0. The molecule has 1 aromatic heterocycles. The molecule has 0 bridgehead atoms. The van der Waals surface area contributed by atoms with E-state index < -0.39 is 14.9 Å². The Labute approximate surface area is 131 Å².